The van der Waals surface area contributed by atoms with Crippen LogP contribution in [0.3, 0.4) is 0 Å². The minimum absolute atomic E-state index is 0. The first-order valence-electron chi connectivity index (χ1n) is 1.35. The van der Waals surface area contributed by atoms with E-state index in [-0.39, 0.29) is 22.4 Å². The van der Waals surface area contributed by atoms with Gasteiger partial charge in [-0.25, -0.2) is 0 Å². The molecule has 0 aliphatic heterocycles. The van der Waals surface area contributed by atoms with Crippen LogP contribution in [0.1, 0.15) is 0 Å². The van der Waals surface area contributed by atoms with E-state index in [1.54, 1.807) is 0 Å². The second-order valence-corrected chi connectivity index (χ2v) is 1.13. The van der Waals surface area contributed by atoms with Gasteiger partial charge in [0.15, 0.2) is 0 Å². The monoisotopic (exact) mass is 299 g/mol. The Balaban J connectivity index is 0.000000360. The third kappa shape index (κ3) is 1.98. The molecule has 0 aliphatic carbocycles. The molecule has 0 atom stereocenters. The smallest absolute Gasteiger partial charge is 0.235 e. The van der Waals surface area contributed by atoms with E-state index in [1.165, 1.54) is 0 Å². The number of aromatic nitrogens is 4. The van der Waals surface area contributed by atoms with Crippen LogP contribution in [-0.4, -0.2) is 20.6 Å². The summed E-state index contributed by atoms with van der Waals surface area (Å²) in [6.45, 7) is 0. The van der Waals surface area contributed by atoms with Gasteiger partial charge < -0.3 is 0 Å². The Kier molecular flexibility index (Phi) is 3.10. The van der Waals surface area contributed by atoms with Crippen LogP contribution in [0.2, 0.25) is 0 Å². The minimum Gasteiger partial charge on any atom is -0.256 e. The summed E-state index contributed by atoms with van der Waals surface area (Å²) in [5.74, 6) is 0. The third-order valence-corrected chi connectivity index (χ3v) is 0.537. The zero-order chi connectivity index (χ0) is 4.41. The molecule has 0 bridgehead atoms. The fourth-order valence-electron chi connectivity index (χ4n) is 0.168. The summed E-state index contributed by atoms with van der Waals surface area (Å²) in [6.07, 6.45) is 0. The Labute approximate surface area is 60.2 Å². The average Bonchev–Trinajstić information content (AvgIpc) is 1.86. The van der Waals surface area contributed by atoms with Gasteiger partial charge in [-0.05, 0) is 12.2 Å². The van der Waals surface area contributed by atoms with E-state index in [9.17, 15) is 0 Å². The molecule has 0 fully saturated rings. The molecule has 1 radical (unpaired) electrons. The van der Waals surface area contributed by atoms with E-state index in [2.05, 4.69) is 32.8 Å². The van der Waals surface area contributed by atoms with Crippen molar-refractivity contribution in [3.05, 3.63) is 4.77 Å². The van der Waals surface area contributed by atoms with Gasteiger partial charge in [0.25, 0.3) is 0 Å². The number of tetrazole rings is 1. The zero-order valence-electron chi connectivity index (χ0n) is 3.10. The Bertz CT molecular complexity index is 149. The van der Waals surface area contributed by atoms with Crippen LogP contribution < -0.4 is 0 Å². The quantitative estimate of drug-likeness (QED) is 0.518. The second-order valence-electron chi connectivity index (χ2n) is 0.742. The molecule has 1 aromatic rings. The van der Waals surface area contributed by atoms with Crippen molar-refractivity contribution >= 4 is 12.2 Å². The Morgan fingerprint density at radius 1 is 1.57 bits per heavy atom. The molecule has 1 heterocycles. The van der Waals surface area contributed by atoms with Crippen LogP contribution in [0, 0.1) is 4.77 Å². The van der Waals surface area contributed by atoms with E-state index in [0.717, 1.165) is 0 Å². The molecule has 0 unspecified atom stereocenters. The van der Waals surface area contributed by atoms with Crippen molar-refractivity contribution in [2.24, 2.45) is 0 Å². The molecule has 6 heteroatoms. The third-order valence-electron chi connectivity index (χ3n) is 0.354. The van der Waals surface area contributed by atoms with Crippen molar-refractivity contribution in [1.82, 2.24) is 20.6 Å². The van der Waals surface area contributed by atoms with Gasteiger partial charge in [-0.2, -0.15) is 5.21 Å². The van der Waals surface area contributed by atoms with E-state index in [0.29, 0.717) is 4.77 Å². The minimum atomic E-state index is 0. The summed E-state index contributed by atoms with van der Waals surface area (Å²) in [7, 11) is 0. The van der Waals surface area contributed by atoms with Gasteiger partial charge >= 0.3 is 0 Å². The number of rotatable bonds is 0. The first-order valence-corrected chi connectivity index (χ1v) is 1.76. The first kappa shape index (κ1) is 7.03. The summed E-state index contributed by atoms with van der Waals surface area (Å²) in [5.41, 5.74) is 0. The van der Waals surface area contributed by atoms with Crippen LogP contribution in [-0.2, 0) is 22.4 Å². The Morgan fingerprint density at radius 3 is 2.43 bits per heavy atom. The summed E-state index contributed by atoms with van der Waals surface area (Å²) in [5, 5.41) is 11.5. The number of aromatic amines is 2. The molecule has 7 heavy (non-hydrogen) atoms. The molecular weight excluding hydrogens is 297 g/mol. The maximum absolute atomic E-state index is 4.48. The van der Waals surface area contributed by atoms with Gasteiger partial charge in [-0.15, -0.1) is 0 Å². The maximum Gasteiger partial charge on any atom is 0.235 e. The van der Waals surface area contributed by atoms with E-state index in [4.69, 9.17) is 0 Å². The molecule has 0 saturated heterocycles. The molecule has 0 spiro atoms. The Hall–Kier alpha value is 0.0303. The molecule has 4 nitrogen and oxygen atoms in total. The van der Waals surface area contributed by atoms with E-state index < -0.39 is 0 Å². The normalized spacial score (nSPS) is 7.43. The summed E-state index contributed by atoms with van der Waals surface area (Å²) < 4.78 is 0.384. The predicted octanol–water partition coefficient (Wildman–Crippen LogP) is -0.140. The zero-order valence-corrected chi connectivity index (χ0v) is 6.09. The van der Waals surface area contributed by atoms with Crippen LogP contribution in [0.5, 0.6) is 0 Å². The van der Waals surface area contributed by atoms with Gasteiger partial charge in [-0.3, -0.25) is 5.10 Å². The fraction of sp³-hybridized carbons (Fsp3) is 0. The molecule has 1 aromatic heterocycles. The van der Waals surface area contributed by atoms with Crippen molar-refractivity contribution in [3.63, 3.8) is 0 Å². The van der Waals surface area contributed by atoms with Crippen LogP contribution >= 0.6 is 12.2 Å². The maximum atomic E-state index is 4.48. The average molecular weight is 299 g/mol. The van der Waals surface area contributed by atoms with Crippen molar-refractivity contribution in [3.8, 4) is 0 Å². The van der Waals surface area contributed by atoms with Gasteiger partial charge in [0.05, 0.1) is 0 Å². The summed E-state index contributed by atoms with van der Waals surface area (Å²) >= 11 is 4.48. The molecule has 0 aliphatic rings. The van der Waals surface area contributed by atoms with Crippen LogP contribution in [0.25, 0.3) is 0 Å². The second kappa shape index (κ2) is 3.09. The first-order chi connectivity index (χ1) is 2.89. The van der Waals surface area contributed by atoms with Gasteiger partial charge in [0.1, 0.15) is 0 Å². The number of nitrogens with zero attached hydrogens (tertiary/aromatic N) is 2. The molecule has 1 rings (SSSR count). The fourth-order valence-corrected chi connectivity index (χ4v) is 0.255. The number of hydrogen-bond acceptors (Lipinski definition) is 3. The SMILES string of the molecule is S=c1nn[nH][nH]1.[Au]. The summed E-state index contributed by atoms with van der Waals surface area (Å²) in [6, 6.07) is 0. The molecule has 2 N–H and O–H groups in total. The van der Waals surface area contributed by atoms with E-state index >= 15 is 0 Å². The van der Waals surface area contributed by atoms with Gasteiger partial charge in [-0.1, -0.05) is 10.3 Å². The van der Waals surface area contributed by atoms with Crippen molar-refractivity contribution in [2.45, 2.75) is 0 Å². The Morgan fingerprint density at radius 2 is 2.29 bits per heavy atom. The molecular formula is CH2AuN4S. The van der Waals surface area contributed by atoms with Gasteiger partial charge in [0, 0.05) is 22.4 Å². The van der Waals surface area contributed by atoms with Crippen molar-refractivity contribution < 1.29 is 22.4 Å². The number of nitrogens with one attached hydrogen (secondary N) is 2. The summed E-state index contributed by atoms with van der Waals surface area (Å²) in [4.78, 5) is 0. The van der Waals surface area contributed by atoms with Crippen LogP contribution in [0.15, 0.2) is 0 Å². The van der Waals surface area contributed by atoms with E-state index in [1.807, 2.05) is 0 Å². The molecule has 0 aromatic carbocycles. The predicted molar refractivity (Wildman–Crippen MR) is 21.6 cm³/mol. The molecule has 0 saturated carbocycles. The number of hydrogen-bond donors (Lipinski definition) is 2. The topological polar surface area (TPSA) is 57.4 Å². The standard InChI is InChI=1S/CH2N4S.Au/c6-1-2-4-5-3-1;/h(H2,2,3,4,5,6);. The van der Waals surface area contributed by atoms with Crippen molar-refractivity contribution in [2.75, 3.05) is 0 Å². The van der Waals surface area contributed by atoms with Gasteiger partial charge in [0.2, 0.25) is 4.77 Å². The number of H-pyrrole nitrogens is 2. The van der Waals surface area contributed by atoms with Crippen molar-refractivity contribution in [1.29, 1.82) is 0 Å². The molecule has 0 amide bonds. The van der Waals surface area contributed by atoms with Crippen LogP contribution in [0.4, 0.5) is 0 Å². The largest absolute Gasteiger partial charge is 0.256 e. The molecule has 43 valence electrons.